The Morgan fingerprint density at radius 1 is 1.22 bits per heavy atom. The number of nitrogens with two attached hydrogens (primary N) is 1. The summed E-state index contributed by atoms with van der Waals surface area (Å²) in [5.41, 5.74) is 7.86. The van der Waals surface area contributed by atoms with Crippen LogP contribution in [0.25, 0.3) is 0 Å². The number of aromatic nitrogens is 3. The fraction of sp³-hybridized carbons (Fsp3) is 0.562. The number of piperazine rings is 1. The maximum atomic E-state index is 5.70. The van der Waals surface area contributed by atoms with Crippen molar-refractivity contribution in [1.29, 1.82) is 0 Å². The van der Waals surface area contributed by atoms with Gasteiger partial charge in [0, 0.05) is 55.2 Å². The van der Waals surface area contributed by atoms with Gasteiger partial charge in [0.25, 0.3) is 0 Å². The van der Waals surface area contributed by atoms with Crippen molar-refractivity contribution in [3.63, 3.8) is 0 Å². The third kappa shape index (κ3) is 3.97. The minimum Gasteiger partial charge on any atom is -0.375 e. The molecule has 0 atom stereocenters. The smallest absolute Gasteiger partial charge is 0.225 e. The predicted molar refractivity (Wildman–Crippen MR) is 94.9 cm³/mol. The summed E-state index contributed by atoms with van der Waals surface area (Å²) in [7, 11) is 0. The molecule has 6 nitrogen and oxygen atoms in total. The van der Waals surface area contributed by atoms with Gasteiger partial charge in [-0.1, -0.05) is 13.8 Å². The molecule has 2 aromatic heterocycles. The van der Waals surface area contributed by atoms with Crippen molar-refractivity contribution in [1.82, 2.24) is 19.9 Å². The average Bonchev–Trinajstić information content (AvgIpc) is 2.92. The molecule has 0 unspecified atom stereocenters. The molecule has 23 heavy (non-hydrogen) atoms. The molecule has 1 fully saturated rings. The zero-order chi connectivity index (χ0) is 16.4. The molecule has 1 aliphatic heterocycles. The topological polar surface area (TPSA) is 71.2 Å². The van der Waals surface area contributed by atoms with Gasteiger partial charge in [0.1, 0.15) is 0 Å². The molecule has 0 aromatic carbocycles. The van der Waals surface area contributed by atoms with Crippen LogP contribution in [0, 0.1) is 6.92 Å². The molecule has 2 N–H and O–H groups in total. The molecule has 0 radical (unpaired) electrons. The second kappa shape index (κ2) is 6.80. The Morgan fingerprint density at radius 3 is 2.57 bits per heavy atom. The van der Waals surface area contributed by atoms with Crippen molar-refractivity contribution >= 4 is 22.4 Å². The number of nitrogen functional groups attached to an aromatic ring is 1. The van der Waals surface area contributed by atoms with E-state index in [2.05, 4.69) is 39.7 Å². The Bertz CT molecular complexity index is 660. The molecule has 1 saturated heterocycles. The van der Waals surface area contributed by atoms with Gasteiger partial charge in [-0.2, -0.15) is 0 Å². The van der Waals surface area contributed by atoms with E-state index in [0.717, 1.165) is 50.1 Å². The van der Waals surface area contributed by atoms with E-state index < -0.39 is 0 Å². The Balaban J connectivity index is 1.62. The molecule has 3 rings (SSSR count). The van der Waals surface area contributed by atoms with Crippen molar-refractivity contribution in [3.05, 3.63) is 28.5 Å². The SMILES string of the molecule is Cc1cc(C(C)C)nc(N2CCN(Cc3cnc(N)s3)CC2)n1. The van der Waals surface area contributed by atoms with Gasteiger partial charge in [-0.25, -0.2) is 15.0 Å². The molecule has 0 aliphatic carbocycles. The van der Waals surface area contributed by atoms with Crippen molar-refractivity contribution in [2.24, 2.45) is 0 Å². The van der Waals surface area contributed by atoms with E-state index in [-0.39, 0.29) is 0 Å². The van der Waals surface area contributed by atoms with E-state index in [0.29, 0.717) is 11.0 Å². The zero-order valence-corrected chi connectivity index (χ0v) is 14.8. The van der Waals surface area contributed by atoms with Crippen molar-refractivity contribution < 1.29 is 0 Å². The molecule has 1 aliphatic rings. The van der Waals surface area contributed by atoms with Gasteiger partial charge in [-0.05, 0) is 18.9 Å². The van der Waals surface area contributed by atoms with Crippen LogP contribution >= 0.6 is 11.3 Å². The largest absolute Gasteiger partial charge is 0.375 e. The molecule has 0 amide bonds. The second-order valence-electron chi connectivity index (χ2n) is 6.32. The van der Waals surface area contributed by atoms with E-state index >= 15 is 0 Å². The Kier molecular flexibility index (Phi) is 4.77. The summed E-state index contributed by atoms with van der Waals surface area (Å²) >= 11 is 1.57. The molecule has 0 spiro atoms. The summed E-state index contributed by atoms with van der Waals surface area (Å²) in [5, 5.41) is 0.646. The van der Waals surface area contributed by atoms with Gasteiger partial charge in [-0.3, -0.25) is 4.90 Å². The molecule has 2 aromatic rings. The molecule has 3 heterocycles. The van der Waals surface area contributed by atoms with Crippen LogP contribution in [-0.4, -0.2) is 46.0 Å². The first-order valence-electron chi connectivity index (χ1n) is 8.04. The highest BCUT2D eigenvalue weighted by atomic mass is 32.1. The van der Waals surface area contributed by atoms with Crippen molar-refractivity contribution in [3.8, 4) is 0 Å². The number of hydrogen-bond acceptors (Lipinski definition) is 7. The van der Waals surface area contributed by atoms with E-state index in [9.17, 15) is 0 Å². The van der Waals surface area contributed by atoms with Crippen LogP contribution in [0.4, 0.5) is 11.1 Å². The van der Waals surface area contributed by atoms with Crippen LogP contribution in [0.3, 0.4) is 0 Å². The minimum atomic E-state index is 0.425. The van der Waals surface area contributed by atoms with E-state index in [4.69, 9.17) is 10.7 Å². The summed E-state index contributed by atoms with van der Waals surface area (Å²) in [6, 6.07) is 2.08. The average molecular weight is 332 g/mol. The highest BCUT2D eigenvalue weighted by molar-refractivity contribution is 7.15. The number of thiazole rings is 1. The standard InChI is InChI=1S/C16H24N6S/c1-11(2)14-8-12(3)19-16(20-14)22-6-4-21(5-7-22)10-13-9-18-15(17)23-13/h8-9,11H,4-7,10H2,1-3H3,(H2,17,18). The minimum absolute atomic E-state index is 0.425. The molecule has 124 valence electrons. The number of hydrogen-bond donors (Lipinski definition) is 1. The molecule has 0 bridgehead atoms. The van der Waals surface area contributed by atoms with Gasteiger partial charge in [-0.15, -0.1) is 11.3 Å². The number of aryl methyl sites for hydroxylation is 1. The number of anilines is 2. The van der Waals surface area contributed by atoms with Gasteiger partial charge in [0.05, 0.1) is 0 Å². The maximum absolute atomic E-state index is 5.70. The van der Waals surface area contributed by atoms with Crippen molar-refractivity contribution in [2.75, 3.05) is 36.8 Å². The number of nitrogens with zero attached hydrogens (tertiary/aromatic N) is 5. The number of rotatable bonds is 4. The van der Waals surface area contributed by atoms with Crippen LogP contribution in [0.15, 0.2) is 12.3 Å². The second-order valence-corrected chi connectivity index (χ2v) is 7.46. The quantitative estimate of drug-likeness (QED) is 0.926. The lowest BCUT2D eigenvalue weighted by atomic mass is 10.1. The lowest BCUT2D eigenvalue weighted by Crippen LogP contribution is -2.46. The molecular formula is C16H24N6S. The third-order valence-electron chi connectivity index (χ3n) is 4.06. The fourth-order valence-electron chi connectivity index (χ4n) is 2.74. The van der Waals surface area contributed by atoms with Crippen LogP contribution in [0.5, 0.6) is 0 Å². The lowest BCUT2D eigenvalue weighted by molar-refractivity contribution is 0.250. The summed E-state index contributed by atoms with van der Waals surface area (Å²) in [6.45, 7) is 11.2. The summed E-state index contributed by atoms with van der Waals surface area (Å²) in [4.78, 5) is 19.4. The first-order valence-corrected chi connectivity index (χ1v) is 8.86. The maximum Gasteiger partial charge on any atom is 0.225 e. The third-order valence-corrected chi connectivity index (χ3v) is 4.87. The Hall–Kier alpha value is -1.73. The summed E-state index contributed by atoms with van der Waals surface area (Å²) in [5.74, 6) is 1.30. The monoisotopic (exact) mass is 332 g/mol. The lowest BCUT2D eigenvalue weighted by Gasteiger charge is -2.34. The molecule has 0 saturated carbocycles. The van der Waals surface area contributed by atoms with Gasteiger partial charge < -0.3 is 10.6 Å². The van der Waals surface area contributed by atoms with Crippen LogP contribution in [0.2, 0.25) is 0 Å². The normalized spacial score (nSPS) is 16.3. The zero-order valence-electron chi connectivity index (χ0n) is 14.0. The van der Waals surface area contributed by atoms with E-state index in [1.807, 2.05) is 13.1 Å². The molecular weight excluding hydrogens is 308 g/mol. The van der Waals surface area contributed by atoms with Gasteiger partial charge in [0.15, 0.2) is 5.13 Å². The van der Waals surface area contributed by atoms with E-state index in [1.165, 1.54) is 4.88 Å². The Labute approximate surface area is 141 Å². The summed E-state index contributed by atoms with van der Waals surface area (Å²) in [6.07, 6.45) is 1.88. The van der Waals surface area contributed by atoms with Gasteiger partial charge in [0.2, 0.25) is 5.95 Å². The summed E-state index contributed by atoms with van der Waals surface area (Å²) < 4.78 is 0. The molecule has 7 heteroatoms. The van der Waals surface area contributed by atoms with Crippen LogP contribution < -0.4 is 10.6 Å². The Morgan fingerprint density at radius 2 is 1.96 bits per heavy atom. The fourth-order valence-corrected chi connectivity index (χ4v) is 3.46. The van der Waals surface area contributed by atoms with E-state index in [1.54, 1.807) is 11.3 Å². The predicted octanol–water partition coefficient (Wildman–Crippen LogP) is 2.27. The van der Waals surface area contributed by atoms with Crippen LogP contribution in [0.1, 0.15) is 36.0 Å². The highest BCUT2D eigenvalue weighted by Gasteiger charge is 2.20. The first-order chi connectivity index (χ1) is 11.0. The highest BCUT2D eigenvalue weighted by Crippen LogP contribution is 2.20. The van der Waals surface area contributed by atoms with Crippen molar-refractivity contribution in [2.45, 2.75) is 33.2 Å². The van der Waals surface area contributed by atoms with Gasteiger partial charge >= 0.3 is 0 Å². The van der Waals surface area contributed by atoms with Crippen LogP contribution in [-0.2, 0) is 6.54 Å². The first kappa shape index (κ1) is 16.1.